The molecule has 0 saturated heterocycles. The lowest BCUT2D eigenvalue weighted by Gasteiger charge is -2.46. The Hall–Kier alpha value is -1.93. The Balaban J connectivity index is 7.18. The SMILES string of the molecule is C#CC(C)(C)OC(CC(F)(F)C(F)(F)C(F)(F)C(F)(F)C(F)(F)C(F)(F)C(F)(F)C(F)(F)F)(OC(C)(C)C#C)[SiH2]C. The second kappa shape index (κ2) is 10.7. The van der Waals surface area contributed by atoms with Gasteiger partial charge in [0, 0.05) is 0 Å². The Morgan fingerprint density at radius 3 is 1.02 bits per heavy atom. The molecule has 0 heterocycles. The minimum Gasteiger partial charge on any atom is -0.336 e. The van der Waals surface area contributed by atoms with Crippen molar-refractivity contribution in [2.75, 3.05) is 0 Å². The van der Waals surface area contributed by atoms with Crippen molar-refractivity contribution >= 4 is 9.52 Å². The fourth-order valence-electron chi connectivity index (χ4n) is 3.00. The number of hydrogen-bond donors (Lipinski definition) is 0. The molecule has 0 aliphatic rings. The van der Waals surface area contributed by atoms with Gasteiger partial charge in [-0.2, -0.15) is 74.6 Å². The van der Waals surface area contributed by atoms with E-state index in [1.807, 2.05) is 0 Å². The number of hydrogen-bond acceptors (Lipinski definition) is 2. The van der Waals surface area contributed by atoms with E-state index in [0.717, 1.165) is 34.2 Å². The van der Waals surface area contributed by atoms with Crippen molar-refractivity contribution in [2.24, 2.45) is 0 Å². The summed E-state index contributed by atoms with van der Waals surface area (Å²) in [5.74, 6) is -53.7. The summed E-state index contributed by atoms with van der Waals surface area (Å²) in [5.41, 5.74) is -7.41. The smallest absolute Gasteiger partial charge is 0.336 e. The first-order valence-electron chi connectivity index (χ1n) is 10.6. The van der Waals surface area contributed by atoms with Crippen LogP contribution in [0.3, 0.4) is 0 Å². The molecule has 0 rings (SSSR count). The Kier molecular flexibility index (Phi) is 10.2. The van der Waals surface area contributed by atoms with Gasteiger partial charge in [0.15, 0.2) is 5.41 Å². The number of halogens is 17. The van der Waals surface area contributed by atoms with Crippen LogP contribution in [-0.4, -0.2) is 73.8 Å². The van der Waals surface area contributed by atoms with Gasteiger partial charge in [-0.05, 0) is 27.7 Å². The van der Waals surface area contributed by atoms with Crippen molar-refractivity contribution < 1.29 is 84.1 Å². The molecule has 0 saturated carbocycles. The molecule has 0 N–H and O–H groups in total. The molecule has 0 bridgehead atoms. The molecule has 0 atom stereocenters. The molecule has 0 radical (unpaired) electrons. The van der Waals surface area contributed by atoms with Crippen molar-refractivity contribution in [1.82, 2.24) is 0 Å². The molecular formula is C21H21F17O2Si. The first-order valence-corrected chi connectivity index (χ1v) is 12.7. The standard InChI is InChI=1S/C21H21F17O2Si/c1-8-11(3,4)39-14(41-7,40-12(5,6)9-2)10-13(22,23)15(24,25)16(26,27)17(28,29)18(30,31)19(32,33)20(34,35)21(36,37)38/h1-2H,10,41H2,3-7H3. The van der Waals surface area contributed by atoms with Crippen LogP contribution in [0, 0.1) is 24.7 Å². The monoisotopic (exact) mass is 656 g/mol. The van der Waals surface area contributed by atoms with E-state index < -0.39 is 80.2 Å². The Labute approximate surface area is 224 Å². The van der Waals surface area contributed by atoms with Crippen LogP contribution in [0.15, 0.2) is 0 Å². The maximum Gasteiger partial charge on any atom is 0.460 e. The van der Waals surface area contributed by atoms with E-state index in [2.05, 4.69) is 0 Å². The average molecular weight is 656 g/mol. The van der Waals surface area contributed by atoms with Gasteiger partial charge < -0.3 is 9.47 Å². The lowest BCUT2D eigenvalue weighted by Crippen LogP contribution is -2.74. The van der Waals surface area contributed by atoms with Crippen molar-refractivity contribution in [1.29, 1.82) is 0 Å². The summed E-state index contributed by atoms with van der Waals surface area (Å²) in [4.78, 5) is 0. The van der Waals surface area contributed by atoms with E-state index in [0.29, 0.717) is 0 Å². The summed E-state index contributed by atoms with van der Waals surface area (Å²) in [6.07, 6.45) is -0.597. The van der Waals surface area contributed by atoms with Gasteiger partial charge in [0.05, 0.1) is 15.9 Å². The van der Waals surface area contributed by atoms with Crippen LogP contribution < -0.4 is 0 Å². The van der Waals surface area contributed by atoms with E-state index >= 15 is 0 Å². The molecule has 240 valence electrons. The minimum absolute atomic E-state index is 0.903. The van der Waals surface area contributed by atoms with E-state index in [-0.39, 0.29) is 0 Å². The first-order chi connectivity index (χ1) is 17.6. The fourth-order valence-corrected chi connectivity index (χ4v) is 4.57. The Bertz CT molecular complexity index is 1000. The molecule has 0 aliphatic heterocycles. The van der Waals surface area contributed by atoms with E-state index in [9.17, 15) is 74.6 Å². The first kappa shape index (κ1) is 39.1. The lowest BCUT2D eigenvalue weighted by atomic mass is 9.88. The highest BCUT2D eigenvalue weighted by Gasteiger charge is 2.95. The second-order valence-electron chi connectivity index (χ2n) is 9.60. The number of ether oxygens (including phenoxy) is 2. The Morgan fingerprint density at radius 2 is 0.780 bits per heavy atom. The fraction of sp³-hybridized carbons (Fsp3) is 0.810. The van der Waals surface area contributed by atoms with Gasteiger partial charge in [-0.15, -0.1) is 12.8 Å². The number of alkyl halides is 17. The van der Waals surface area contributed by atoms with Crippen LogP contribution in [0.4, 0.5) is 74.6 Å². The third-order valence-corrected chi connectivity index (χ3v) is 7.01. The molecule has 0 unspecified atom stereocenters. The summed E-state index contributed by atoms with van der Waals surface area (Å²) >= 11 is 0. The minimum atomic E-state index is -8.72. The highest BCUT2D eigenvalue weighted by atomic mass is 28.2. The zero-order chi connectivity index (χ0) is 33.7. The van der Waals surface area contributed by atoms with Crippen LogP contribution in [0.5, 0.6) is 0 Å². The molecular weight excluding hydrogens is 635 g/mol. The van der Waals surface area contributed by atoms with Gasteiger partial charge in [-0.25, -0.2) is 0 Å². The van der Waals surface area contributed by atoms with E-state index in [1.54, 1.807) is 11.8 Å². The molecule has 0 aliphatic carbocycles. The highest BCUT2D eigenvalue weighted by Crippen LogP contribution is 2.64. The molecule has 0 aromatic rings. The molecule has 41 heavy (non-hydrogen) atoms. The molecule has 0 fully saturated rings. The van der Waals surface area contributed by atoms with Crippen LogP contribution in [-0.2, 0) is 9.47 Å². The molecule has 0 spiro atoms. The molecule has 20 heteroatoms. The quantitative estimate of drug-likeness (QED) is 0.0911. The van der Waals surface area contributed by atoms with E-state index in [4.69, 9.17) is 22.3 Å². The maximum absolute atomic E-state index is 14.8. The van der Waals surface area contributed by atoms with Crippen LogP contribution in [0.2, 0.25) is 6.55 Å². The van der Waals surface area contributed by atoms with Gasteiger partial charge in [-0.3, -0.25) is 0 Å². The predicted molar refractivity (Wildman–Crippen MR) is 110 cm³/mol. The summed E-state index contributed by atoms with van der Waals surface area (Å²) in [7, 11) is -2.63. The van der Waals surface area contributed by atoms with Crippen LogP contribution in [0.1, 0.15) is 34.1 Å². The normalized spacial score (nSPS) is 16.2. The molecule has 2 nitrogen and oxygen atoms in total. The zero-order valence-corrected chi connectivity index (χ0v) is 22.7. The highest BCUT2D eigenvalue weighted by molar-refractivity contribution is 6.37. The largest absolute Gasteiger partial charge is 0.460 e. The van der Waals surface area contributed by atoms with Crippen molar-refractivity contribution in [3.05, 3.63) is 0 Å². The van der Waals surface area contributed by atoms with Gasteiger partial charge in [0.2, 0.25) is 0 Å². The molecule has 0 amide bonds. The second-order valence-corrected chi connectivity index (χ2v) is 11.4. The van der Waals surface area contributed by atoms with Crippen LogP contribution >= 0.6 is 0 Å². The van der Waals surface area contributed by atoms with E-state index in [1.165, 1.54) is 0 Å². The summed E-state index contributed by atoms with van der Waals surface area (Å²) < 4.78 is 242. The summed E-state index contributed by atoms with van der Waals surface area (Å²) in [6.45, 7) is 4.54. The van der Waals surface area contributed by atoms with Gasteiger partial charge in [0.25, 0.3) is 0 Å². The van der Waals surface area contributed by atoms with Crippen molar-refractivity contribution in [2.45, 2.75) is 105 Å². The van der Waals surface area contributed by atoms with Gasteiger partial charge in [-0.1, -0.05) is 18.4 Å². The average Bonchev–Trinajstić information content (AvgIpc) is 2.76. The third-order valence-electron chi connectivity index (χ3n) is 5.39. The summed E-state index contributed by atoms with van der Waals surface area (Å²) in [5, 5.41) is 0. The predicted octanol–water partition coefficient (Wildman–Crippen LogP) is 7.11. The zero-order valence-electron chi connectivity index (χ0n) is 21.3. The maximum atomic E-state index is 14.8. The molecule has 0 aromatic carbocycles. The number of rotatable bonds is 13. The number of terminal acetylenes is 2. The lowest BCUT2D eigenvalue weighted by molar-refractivity contribution is -0.463. The van der Waals surface area contributed by atoms with Crippen molar-refractivity contribution in [3.8, 4) is 24.7 Å². The summed E-state index contributed by atoms with van der Waals surface area (Å²) in [6, 6.07) is 0. The van der Waals surface area contributed by atoms with Crippen molar-refractivity contribution in [3.63, 3.8) is 0 Å². The van der Waals surface area contributed by atoms with Gasteiger partial charge in [0.1, 0.15) is 11.2 Å². The third kappa shape index (κ3) is 6.38. The van der Waals surface area contributed by atoms with Gasteiger partial charge >= 0.3 is 47.6 Å². The topological polar surface area (TPSA) is 18.5 Å². The van der Waals surface area contributed by atoms with Crippen LogP contribution in [0.25, 0.3) is 0 Å². The Morgan fingerprint density at radius 1 is 0.512 bits per heavy atom. The molecule has 0 aromatic heterocycles.